The number of aromatic nitrogens is 2. The molecule has 4 heteroatoms. The zero-order chi connectivity index (χ0) is 10.7. The molecule has 1 aromatic heterocycles. The molecule has 0 aliphatic heterocycles. The van der Waals surface area contributed by atoms with Gasteiger partial charge in [-0.1, -0.05) is 23.7 Å². The van der Waals surface area contributed by atoms with E-state index >= 15 is 0 Å². The van der Waals surface area contributed by atoms with Crippen molar-refractivity contribution >= 4 is 11.6 Å². The van der Waals surface area contributed by atoms with Gasteiger partial charge in [-0.2, -0.15) is 0 Å². The SMILES string of the molecule is CNCc1cnc(-c2ccccc2Cl)[nH]1. The molecule has 78 valence electrons. The van der Waals surface area contributed by atoms with Crippen molar-refractivity contribution in [1.82, 2.24) is 15.3 Å². The predicted octanol–water partition coefficient (Wildman–Crippen LogP) is 2.45. The summed E-state index contributed by atoms with van der Waals surface area (Å²) in [5, 5.41) is 3.77. The van der Waals surface area contributed by atoms with E-state index in [4.69, 9.17) is 11.6 Å². The highest BCUT2D eigenvalue weighted by Gasteiger charge is 2.05. The standard InChI is InChI=1S/C11H12ClN3/c1-13-6-8-7-14-11(15-8)9-4-2-3-5-10(9)12/h2-5,7,13H,6H2,1H3,(H,14,15). The molecule has 3 nitrogen and oxygen atoms in total. The first-order valence-corrected chi connectivity index (χ1v) is 5.12. The van der Waals surface area contributed by atoms with Gasteiger partial charge < -0.3 is 10.3 Å². The Morgan fingerprint density at radius 3 is 2.93 bits per heavy atom. The number of nitrogens with zero attached hydrogens (tertiary/aromatic N) is 1. The number of halogens is 1. The van der Waals surface area contributed by atoms with Crippen molar-refractivity contribution in [2.45, 2.75) is 6.54 Å². The molecule has 0 radical (unpaired) electrons. The maximum atomic E-state index is 6.07. The van der Waals surface area contributed by atoms with Crippen molar-refractivity contribution in [2.24, 2.45) is 0 Å². The van der Waals surface area contributed by atoms with Crippen molar-refractivity contribution in [2.75, 3.05) is 7.05 Å². The summed E-state index contributed by atoms with van der Waals surface area (Å²) in [6.45, 7) is 0.775. The summed E-state index contributed by atoms with van der Waals surface area (Å²) in [5.74, 6) is 0.811. The van der Waals surface area contributed by atoms with Gasteiger partial charge in [0.2, 0.25) is 0 Å². The summed E-state index contributed by atoms with van der Waals surface area (Å²) in [5.41, 5.74) is 1.98. The fraction of sp³-hybridized carbons (Fsp3) is 0.182. The van der Waals surface area contributed by atoms with Crippen LogP contribution in [0.25, 0.3) is 11.4 Å². The molecule has 2 rings (SSSR count). The number of rotatable bonds is 3. The smallest absolute Gasteiger partial charge is 0.139 e. The average Bonchev–Trinajstić information content (AvgIpc) is 2.68. The molecule has 1 aromatic carbocycles. The number of hydrogen-bond acceptors (Lipinski definition) is 2. The van der Waals surface area contributed by atoms with Crippen LogP contribution in [0.2, 0.25) is 5.02 Å². The van der Waals surface area contributed by atoms with E-state index in [1.165, 1.54) is 0 Å². The fourth-order valence-corrected chi connectivity index (χ4v) is 1.65. The number of benzene rings is 1. The summed E-state index contributed by atoms with van der Waals surface area (Å²) in [4.78, 5) is 7.50. The van der Waals surface area contributed by atoms with Crippen molar-refractivity contribution in [3.05, 3.63) is 41.2 Å². The number of aromatic amines is 1. The van der Waals surface area contributed by atoms with E-state index in [1.807, 2.05) is 37.5 Å². The van der Waals surface area contributed by atoms with Crippen molar-refractivity contribution in [3.8, 4) is 11.4 Å². The number of nitrogens with one attached hydrogen (secondary N) is 2. The van der Waals surface area contributed by atoms with Gasteiger partial charge >= 0.3 is 0 Å². The average molecular weight is 222 g/mol. The minimum absolute atomic E-state index is 0.711. The molecular formula is C11H12ClN3. The second kappa shape index (κ2) is 4.47. The Kier molecular flexibility index (Phi) is 3.04. The lowest BCUT2D eigenvalue weighted by Gasteiger charge is -1.99. The molecule has 1 heterocycles. The molecule has 0 unspecified atom stereocenters. The van der Waals surface area contributed by atoms with Crippen LogP contribution in [0.3, 0.4) is 0 Å². The third-order valence-corrected chi connectivity index (χ3v) is 2.45. The number of hydrogen-bond donors (Lipinski definition) is 2. The molecule has 0 saturated carbocycles. The van der Waals surface area contributed by atoms with E-state index in [0.29, 0.717) is 5.02 Å². The molecule has 0 fully saturated rings. The Balaban J connectivity index is 2.33. The maximum absolute atomic E-state index is 6.07. The van der Waals surface area contributed by atoms with Crippen molar-refractivity contribution < 1.29 is 0 Å². The molecule has 0 spiro atoms. The Labute approximate surface area is 93.5 Å². The van der Waals surface area contributed by atoms with Crippen LogP contribution in [0.5, 0.6) is 0 Å². The largest absolute Gasteiger partial charge is 0.341 e. The van der Waals surface area contributed by atoms with Crippen LogP contribution in [0, 0.1) is 0 Å². The van der Waals surface area contributed by atoms with Crippen LogP contribution in [0.4, 0.5) is 0 Å². The summed E-state index contributed by atoms with van der Waals surface area (Å²) in [6.07, 6.45) is 1.81. The van der Waals surface area contributed by atoms with Crippen LogP contribution in [-0.2, 0) is 6.54 Å². The Morgan fingerprint density at radius 1 is 1.40 bits per heavy atom. The second-order valence-electron chi connectivity index (χ2n) is 3.27. The molecule has 0 bridgehead atoms. The van der Waals surface area contributed by atoms with E-state index in [0.717, 1.165) is 23.6 Å². The molecule has 2 aromatic rings. The van der Waals surface area contributed by atoms with Gasteiger partial charge in [-0.3, -0.25) is 0 Å². The molecule has 2 N–H and O–H groups in total. The Morgan fingerprint density at radius 2 is 2.20 bits per heavy atom. The molecule has 0 atom stereocenters. The van der Waals surface area contributed by atoms with Crippen LogP contribution in [-0.4, -0.2) is 17.0 Å². The van der Waals surface area contributed by atoms with E-state index in [2.05, 4.69) is 15.3 Å². The summed E-state index contributed by atoms with van der Waals surface area (Å²) < 4.78 is 0. The van der Waals surface area contributed by atoms with Gasteiger partial charge in [0.05, 0.1) is 5.02 Å². The lowest BCUT2D eigenvalue weighted by molar-refractivity contribution is 0.797. The summed E-state index contributed by atoms with van der Waals surface area (Å²) >= 11 is 6.07. The van der Waals surface area contributed by atoms with E-state index in [-0.39, 0.29) is 0 Å². The van der Waals surface area contributed by atoms with Gasteiger partial charge in [-0.05, 0) is 19.2 Å². The highest BCUT2D eigenvalue weighted by atomic mass is 35.5. The second-order valence-corrected chi connectivity index (χ2v) is 3.67. The van der Waals surface area contributed by atoms with Crippen LogP contribution in [0.1, 0.15) is 5.69 Å². The van der Waals surface area contributed by atoms with E-state index in [1.54, 1.807) is 0 Å². The van der Waals surface area contributed by atoms with Gasteiger partial charge in [0, 0.05) is 24.0 Å². The number of imidazole rings is 1. The van der Waals surface area contributed by atoms with Gasteiger partial charge in [-0.15, -0.1) is 0 Å². The Hall–Kier alpha value is -1.32. The van der Waals surface area contributed by atoms with Crippen LogP contribution >= 0.6 is 11.6 Å². The van der Waals surface area contributed by atoms with Crippen LogP contribution in [0.15, 0.2) is 30.5 Å². The zero-order valence-electron chi connectivity index (χ0n) is 8.42. The number of H-pyrrole nitrogens is 1. The van der Waals surface area contributed by atoms with Gasteiger partial charge in [-0.25, -0.2) is 4.98 Å². The third kappa shape index (κ3) is 2.19. The topological polar surface area (TPSA) is 40.7 Å². The van der Waals surface area contributed by atoms with Gasteiger partial charge in [0.1, 0.15) is 5.82 Å². The molecule has 0 aliphatic rings. The minimum Gasteiger partial charge on any atom is -0.341 e. The lowest BCUT2D eigenvalue weighted by atomic mass is 10.2. The zero-order valence-corrected chi connectivity index (χ0v) is 9.17. The highest BCUT2D eigenvalue weighted by molar-refractivity contribution is 6.33. The van der Waals surface area contributed by atoms with Gasteiger partial charge in [0.25, 0.3) is 0 Å². The fourth-order valence-electron chi connectivity index (χ4n) is 1.43. The first-order chi connectivity index (χ1) is 7.31. The van der Waals surface area contributed by atoms with E-state index < -0.39 is 0 Å². The van der Waals surface area contributed by atoms with Crippen LogP contribution < -0.4 is 5.32 Å². The normalized spacial score (nSPS) is 10.5. The third-order valence-electron chi connectivity index (χ3n) is 2.12. The molecular weight excluding hydrogens is 210 g/mol. The molecule has 15 heavy (non-hydrogen) atoms. The van der Waals surface area contributed by atoms with E-state index in [9.17, 15) is 0 Å². The maximum Gasteiger partial charge on any atom is 0.139 e. The molecule has 0 saturated heterocycles. The monoisotopic (exact) mass is 221 g/mol. The highest BCUT2D eigenvalue weighted by Crippen LogP contribution is 2.24. The molecule has 0 amide bonds. The first-order valence-electron chi connectivity index (χ1n) is 4.74. The minimum atomic E-state index is 0.711. The summed E-state index contributed by atoms with van der Waals surface area (Å²) in [6, 6.07) is 7.66. The Bertz CT molecular complexity index is 451. The predicted molar refractivity (Wildman–Crippen MR) is 61.8 cm³/mol. The van der Waals surface area contributed by atoms with Gasteiger partial charge in [0.15, 0.2) is 0 Å². The lowest BCUT2D eigenvalue weighted by Crippen LogP contribution is -2.04. The summed E-state index contributed by atoms with van der Waals surface area (Å²) in [7, 11) is 1.90. The quantitative estimate of drug-likeness (QED) is 0.836. The first kappa shape index (κ1) is 10.2. The molecule has 0 aliphatic carbocycles. The van der Waals surface area contributed by atoms with Crippen molar-refractivity contribution in [3.63, 3.8) is 0 Å². The van der Waals surface area contributed by atoms with Crippen molar-refractivity contribution in [1.29, 1.82) is 0 Å².